The Morgan fingerprint density at radius 1 is 0.818 bits per heavy atom. The maximum atomic E-state index is 13.4. The Labute approximate surface area is 370 Å². The predicted octanol–water partition coefficient (Wildman–Crippen LogP) is 6.05. The number of anilines is 1. The van der Waals surface area contributed by atoms with Gasteiger partial charge in [0.15, 0.2) is 30.8 Å². The van der Waals surface area contributed by atoms with Crippen molar-refractivity contribution in [2.24, 2.45) is 5.92 Å². The van der Waals surface area contributed by atoms with E-state index in [9.17, 15) is 45.8 Å². The molecule has 0 radical (unpaired) electrons. The van der Waals surface area contributed by atoms with Crippen molar-refractivity contribution >= 4 is 29.0 Å². The Balaban J connectivity index is 1.24. The van der Waals surface area contributed by atoms with Crippen LogP contribution in [0.15, 0.2) is 120 Å². The second-order valence-electron chi connectivity index (χ2n) is 14.5. The molecule has 16 nitrogen and oxygen atoms in total. The summed E-state index contributed by atoms with van der Waals surface area (Å²) in [6, 6.07) is 31.1. The Morgan fingerprint density at radius 3 is 1.94 bits per heavy atom. The van der Waals surface area contributed by atoms with Crippen LogP contribution in [0.5, 0.6) is 17.2 Å². The quantitative estimate of drug-likeness (QED) is 0.0415. The van der Waals surface area contributed by atoms with E-state index < -0.39 is 91.8 Å². The minimum Gasteiger partial charge on any atom is -0.497 e. The van der Waals surface area contributed by atoms with Gasteiger partial charge >= 0.3 is 18.3 Å². The number of halogens is 6. The van der Waals surface area contributed by atoms with E-state index in [1.54, 1.807) is 109 Å². The number of aliphatic hydroxyl groups is 1. The van der Waals surface area contributed by atoms with Gasteiger partial charge < -0.3 is 38.3 Å². The van der Waals surface area contributed by atoms with E-state index in [1.165, 1.54) is 14.2 Å². The number of ether oxygens (including phenoxy) is 7. The number of para-hydroxylation sites is 1. The summed E-state index contributed by atoms with van der Waals surface area (Å²) in [4.78, 5) is 49.0. The number of carbonyl (C=O) groups is 2. The first-order chi connectivity index (χ1) is 31.5. The number of fused-ring (bicyclic) bond motifs is 1. The largest absolute Gasteiger partial charge is 0.497 e. The topological polar surface area (TPSA) is 195 Å². The van der Waals surface area contributed by atoms with Gasteiger partial charge in [0.1, 0.15) is 41.2 Å². The molecular weight excluding hydrogens is 888 g/mol. The second-order valence-corrected chi connectivity index (χ2v) is 14.5. The standard InChI is InChI=1S/C44H39F6N5O11/c1-60-28-17-13-26(14-18-28)42(25-9-5-3-6-10-25,27-15-19-29(61-2)20-16-27)65-21-31-34(57)35(63-24-64-40(59)36(43(45,46)47)44(48,49)50)39(66-31)55-23-51-33-37(55)53-41(54-38(33)58)52-32(56)22-62-30-11-7-4-8-12-30/h3-20,23,31,34-36,39,57H,21-22,24H2,1-2H3,(H2,52,53,54,56,58)/t31-,34-,35-,39-/m1/s1. The van der Waals surface area contributed by atoms with Crippen LogP contribution in [-0.4, -0.2) is 101 Å². The molecule has 1 amide bonds. The highest BCUT2D eigenvalue weighted by Gasteiger charge is 2.62. The van der Waals surface area contributed by atoms with Gasteiger partial charge in [-0.15, -0.1) is 0 Å². The number of benzene rings is 4. The average Bonchev–Trinajstić information content (AvgIpc) is 3.86. The molecule has 0 bridgehead atoms. The summed E-state index contributed by atoms with van der Waals surface area (Å²) in [7, 11) is 2.99. The predicted molar refractivity (Wildman–Crippen MR) is 218 cm³/mol. The normalized spacial score (nSPS) is 17.7. The molecule has 1 aliphatic heterocycles. The van der Waals surface area contributed by atoms with Gasteiger partial charge in [0.25, 0.3) is 11.5 Å². The number of esters is 1. The summed E-state index contributed by atoms with van der Waals surface area (Å²) in [6.07, 6.45) is -17.8. The second kappa shape index (κ2) is 19.6. The van der Waals surface area contributed by atoms with Crippen molar-refractivity contribution in [1.82, 2.24) is 19.5 Å². The molecule has 1 fully saturated rings. The monoisotopic (exact) mass is 927 g/mol. The van der Waals surface area contributed by atoms with Crippen LogP contribution in [0.2, 0.25) is 0 Å². The lowest BCUT2D eigenvalue weighted by atomic mass is 9.80. The molecule has 3 N–H and O–H groups in total. The minimum absolute atomic E-state index is 0.285. The maximum Gasteiger partial charge on any atom is 0.411 e. The van der Waals surface area contributed by atoms with Gasteiger partial charge in [0.2, 0.25) is 11.9 Å². The Bertz CT molecular complexity index is 2590. The zero-order chi connectivity index (χ0) is 47.2. The van der Waals surface area contributed by atoms with Crippen LogP contribution < -0.4 is 25.1 Å². The van der Waals surface area contributed by atoms with Crippen LogP contribution in [0.3, 0.4) is 0 Å². The fourth-order valence-electron chi connectivity index (χ4n) is 7.25. The highest BCUT2D eigenvalue weighted by atomic mass is 19.4. The Kier molecular flexibility index (Phi) is 14.0. The van der Waals surface area contributed by atoms with Crippen LogP contribution in [0.25, 0.3) is 11.2 Å². The van der Waals surface area contributed by atoms with Crippen LogP contribution in [0.4, 0.5) is 32.3 Å². The van der Waals surface area contributed by atoms with Crippen molar-refractivity contribution in [2.45, 2.75) is 42.5 Å². The lowest BCUT2D eigenvalue weighted by molar-refractivity contribution is -0.285. The number of H-pyrrole nitrogens is 1. The molecule has 0 aliphatic carbocycles. The van der Waals surface area contributed by atoms with E-state index in [2.05, 4.69) is 25.0 Å². The first-order valence-corrected chi connectivity index (χ1v) is 19.7. The number of nitrogens with zero attached hydrogens (tertiary/aromatic N) is 3. The van der Waals surface area contributed by atoms with Crippen LogP contribution in [-0.2, 0) is 34.1 Å². The number of amides is 1. The summed E-state index contributed by atoms with van der Waals surface area (Å²) < 4.78 is 121. The molecular formula is C44H39F6N5O11. The number of methoxy groups -OCH3 is 2. The van der Waals surface area contributed by atoms with Gasteiger partial charge in [-0.05, 0) is 53.1 Å². The molecule has 7 rings (SSSR count). The fraction of sp³-hybridized carbons (Fsp3) is 0.295. The number of alkyl halides is 6. The third-order valence-corrected chi connectivity index (χ3v) is 10.4. The first-order valence-electron chi connectivity index (χ1n) is 19.7. The molecule has 22 heteroatoms. The number of rotatable bonds is 17. The lowest BCUT2D eigenvalue weighted by Gasteiger charge is -2.37. The molecule has 3 heterocycles. The SMILES string of the molecule is COc1ccc(C(OC[C@H]2O[C@@H](n3cnc4c(=O)[nH]c(NC(=O)COc5ccccc5)nc43)[C@H](OCOC(=O)C(C(F)(F)F)C(F)(F)F)[C@@H]2O)(c2ccccc2)c2ccc(OC)cc2)cc1. The molecule has 1 aliphatic rings. The van der Waals surface area contributed by atoms with Gasteiger partial charge in [-0.25, -0.2) is 4.98 Å². The number of aromatic amines is 1. The van der Waals surface area contributed by atoms with Gasteiger partial charge in [0, 0.05) is 0 Å². The number of nitrogens with one attached hydrogen (secondary N) is 2. The maximum absolute atomic E-state index is 13.4. The minimum atomic E-state index is -6.06. The number of hydrogen-bond donors (Lipinski definition) is 3. The van der Waals surface area contributed by atoms with Gasteiger partial charge in [-0.3, -0.25) is 29.3 Å². The van der Waals surface area contributed by atoms with Crippen LogP contribution >= 0.6 is 0 Å². The lowest BCUT2D eigenvalue weighted by Crippen LogP contribution is -2.44. The first kappa shape index (κ1) is 47.0. The van der Waals surface area contributed by atoms with Crippen molar-refractivity contribution in [3.05, 3.63) is 143 Å². The zero-order valence-corrected chi connectivity index (χ0v) is 34.6. The summed E-state index contributed by atoms with van der Waals surface area (Å²) >= 11 is 0. The van der Waals surface area contributed by atoms with E-state index in [-0.39, 0.29) is 11.2 Å². The van der Waals surface area contributed by atoms with Crippen molar-refractivity contribution < 1.29 is 74.2 Å². The van der Waals surface area contributed by atoms with Gasteiger partial charge in [-0.2, -0.15) is 31.3 Å². The molecule has 66 heavy (non-hydrogen) atoms. The summed E-state index contributed by atoms with van der Waals surface area (Å²) in [5, 5.41) is 14.3. The number of aliphatic hydroxyl groups excluding tert-OH is 1. The van der Waals surface area contributed by atoms with E-state index >= 15 is 0 Å². The van der Waals surface area contributed by atoms with Crippen molar-refractivity contribution in [1.29, 1.82) is 0 Å². The molecule has 348 valence electrons. The highest BCUT2D eigenvalue weighted by Crippen LogP contribution is 2.44. The molecule has 6 aromatic rings. The third-order valence-electron chi connectivity index (χ3n) is 10.4. The van der Waals surface area contributed by atoms with Crippen molar-refractivity contribution in [3.63, 3.8) is 0 Å². The molecule has 0 saturated carbocycles. The molecule has 0 unspecified atom stereocenters. The smallest absolute Gasteiger partial charge is 0.411 e. The van der Waals surface area contributed by atoms with E-state index in [0.717, 1.165) is 10.9 Å². The Hall–Kier alpha value is -7.01. The molecule has 0 spiro atoms. The van der Waals surface area contributed by atoms with Gasteiger partial charge in [0.05, 0.1) is 27.2 Å². The zero-order valence-electron chi connectivity index (χ0n) is 34.6. The number of aromatic nitrogens is 4. The van der Waals surface area contributed by atoms with Crippen molar-refractivity contribution in [3.8, 4) is 17.2 Å². The van der Waals surface area contributed by atoms with Crippen LogP contribution in [0.1, 0.15) is 22.9 Å². The summed E-state index contributed by atoms with van der Waals surface area (Å²) in [5.41, 5.74) is -1.21. The third kappa shape index (κ3) is 10.1. The Morgan fingerprint density at radius 2 is 1.38 bits per heavy atom. The van der Waals surface area contributed by atoms with Gasteiger partial charge in [-0.1, -0.05) is 72.8 Å². The number of hydrogen-bond acceptors (Lipinski definition) is 13. The number of imidazole rings is 1. The summed E-state index contributed by atoms with van der Waals surface area (Å²) in [5.74, 6) is -6.94. The number of carbonyl (C=O) groups excluding carboxylic acids is 2. The van der Waals surface area contributed by atoms with Crippen LogP contribution in [0, 0.1) is 5.92 Å². The fourth-order valence-corrected chi connectivity index (χ4v) is 7.25. The molecule has 4 atom stereocenters. The van der Waals surface area contributed by atoms with E-state index in [4.69, 9.17) is 28.4 Å². The van der Waals surface area contributed by atoms with E-state index in [1.807, 2.05) is 0 Å². The molecule has 4 aromatic carbocycles. The van der Waals surface area contributed by atoms with Crippen molar-refractivity contribution in [2.75, 3.05) is 39.5 Å². The average molecular weight is 928 g/mol. The highest BCUT2D eigenvalue weighted by molar-refractivity contribution is 5.90. The summed E-state index contributed by atoms with van der Waals surface area (Å²) in [6.45, 7) is -2.54. The molecule has 1 saturated heterocycles. The van der Waals surface area contributed by atoms with E-state index in [0.29, 0.717) is 33.9 Å². The molecule has 2 aromatic heterocycles.